The highest BCUT2D eigenvalue weighted by Crippen LogP contribution is 2.32. The van der Waals surface area contributed by atoms with Gasteiger partial charge in [-0.25, -0.2) is 0 Å². The minimum absolute atomic E-state index is 0.259. The monoisotopic (exact) mass is 218 g/mol. The Balaban J connectivity index is 2.21. The van der Waals surface area contributed by atoms with Crippen molar-refractivity contribution < 1.29 is 4.79 Å². The van der Waals surface area contributed by atoms with Gasteiger partial charge in [0.15, 0.2) is 0 Å². The molecular formula is C13H18N2O. The van der Waals surface area contributed by atoms with Crippen LogP contribution in [0.1, 0.15) is 30.0 Å². The summed E-state index contributed by atoms with van der Waals surface area (Å²) in [5.74, 6) is -0.259. The number of primary amides is 1. The summed E-state index contributed by atoms with van der Waals surface area (Å²) in [6.45, 7) is 0.332. The van der Waals surface area contributed by atoms with Crippen LogP contribution in [-0.2, 0) is 11.2 Å². The van der Waals surface area contributed by atoms with Gasteiger partial charge >= 0.3 is 0 Å². The Morgan fingerprint density at radius 1 is 1.50 bits per heavy atom. The van der Waals surface area contributed by atoms with Crippen LogP contribution in [-0.4, -0.2) is 24.4 Å². The van der Waals surface area contributed by atoms with Crippen molar-refractivity contribution in [1.29, 1.82) is 0 Å². The molecule has 1 aliphatic rings. The molecule has 1 aromatic carbocycles. The molecule has 0 heterocycles. The zero-order valence-electron chi connectivity index (χ0n) is 9.65. The highest BCUT2D eigenvalue weighted by molar-refractivity contribution is 5.75. The normalized spacial score (nSPS) is 19.5. The van der Waals surface area contributed by atoms with Crippen molar-refractivity contribution in [3.8, 4) is 0 Å². The first-order chi connectivity index (χ1) is 7.68. The molecule has 1 aromatic rings. The smallest absolute Gasteiger partial charge is 0.231 e. The molecule has 0 bridgehead atoms. The van der Waals surface area contributed by atoms with E-state index in [1.165, 1.54) is 17.5 Å². The number of amides is 1. The molecule has 86 valence electrons. The maximum atomic E-state index is 10.9. The zero-order chi connectivity index (χ0) is 11.5. The van der Waals surface area contributed by atoms with E-state index in [1.54, 1.807) is 0 Å². The first kappa shape index (κ1) is 11.1. The summed E-state index contributed by atoms with van der Waals surface area (Å²) < 4.78 is 0. The van der Waals surface area contributed by atoms with Crippen molar-refractivity contribution in [1.82, 2.24) is 4.90 Å². The first-order valence-corrected chi connectivity index (χ1v) is 5.75. The summed E-state index contributed by atoms with van der Waals surface area (Å²) in [7, 11) is 1.97. The molecule has 0 aromatic heterocycles. The number of hydrogen-bond donors (Lipinski definition) is 1. The fourth-order valence-corrected chi connectivity index (χ4v) is 2.54. The molecule has 2 N–H and O–H groups in total. The summed E-state index contributed by atoms with van der Waals surface area (Å²) in [4.78, 5) is 13.0. The van der Waals surface area contributed by atoms with Gasteiger partial charge in [0.05, 0.1) is 6.54 Å². The lowest BCUT2D eigenvalue weighted by molar-refractivity contribution is -0.119. The Morgan fingerprint density at radius 2 is 2.25 bits per heavy atom. The highest BCUT2D eigenvalue weighted by atomic mass is 16.1. The molecule has 1 aliphatic carbocycles. The van der Waals surface area contributed by atoms with E-state index < -0.39 is 0 Å². The van der Waals surface area contributed by atoms with Gasteiger partial charge < -0.3 is 5.73 Å². The van der Waals surface area contributed by atoms with E-state index in [4.69, 9.17) is 5.73 Å². The predicted molar refractivity (Wildman–Crippen MR) is 63.9 cm³/mol. The molecule has 0 aliphatic heterocycles. The van der Waals surface area contributed by atoms with E-state index in [-0.39, 0.29) is 5.91 Å². The molecule has 0 saturated heterocycles. The summed E-state index contributed by atoms with van der Waals surface area (Å²) >= 11 is 0. The van der Waals surface area contributed by atoms with Crippen molar-refractivity contribution in [2.24, 2.45) is 5.73 Å². The second-order valence-corrected chi connectivity index (χ2v) is 4.49. The Morgan fingerprint density at radius 3 is 3.00 bits per heavy atom. The maximum Gasteiger partial charge on any atom is 0.231 e. The second-order valence-electron chi connectivity index (χ2n) is 4.49. The summed E-state index contributed by atoms with van der Waals surface area (Å²) in [5, 5.41) is 0. The number of carbonyl (C=O) groups excluding carboxylic acids is 1. The minimum atomic E-state index is -0.259. The number of rotatable bonds is 3. The van der Waals surface area contributed by atoms with E-state index >= 15 is 0 Å². The van der Waals surface area contributed by atoms with Gasteiger partial charge in [-0.15, -0.1) is 0 Å². The number of benzene rings is 1. The van der Waals surface area contributed by atoms with Gasteiger partial charge in [0, 0.05) is 6.04 Å². The van der Waals surface area contributed by atoms with Crippen LogP contribution in [0.5, 0.6) is 0 Å². The Hall–Kier alpha value is -1.35. The average molecular weight is 218 g/mol. The minimum Gasteiger partial charge on any atom is -0.369 e. The van der Waals surface area contributed by atoms with Crippen molar-refractivity contribution in [3.05, 3.63) is 35.4 Å². The molecule has 0 fully saturated rings. The first-order valence-electron chi connectivity index (χ1n) is 5.75. The van der Waals surface area contributed by atoms with E-state index in [0.29, 0.717) is 12.6 Å². The third-order valence-electron chi connectivity index (χ3n) is 3.28. The lowest BCUT2D eigenvalue weighted by Gasteiger charge is -2.32. The molecule has 1 unspecified atom stereocenters. The number of nitrogens with zero attached hydrogens (tertiary/aromatic N) is 1. The third-order valence-corrected chi connectivity index (χ3v) is 3.28. The molecule has 0 radical (unpaired) electrons. The van der Waals surface area contributed by atoms with E-state index in [1.807, 2.05) is 7.05 Å². The van der Waals surface area contributed by atoms with E-state index in [9.17, 15) is 4.79 Å². The van der Waals surface area contributed by atoms with Crippen LogP contribution < -0.4 is 5.73 Å². The van der Waals surface area contributed by atoms with Gasteiger partial charge in [0.25, 0.3) is 0 Å². The van der Waals surface area contributed by atoms with Gasteiger partial charge in [-0.3, -0.25) is 9.69 Å². The van der Waals surface area contributed by atoms with Crippen molar-refractivity contribution in [3.63, 3.8) is 0 Å². The second kappa shape index (κ2) is 4.66. The molecule has 1 amide bonds. The number of fused-ring (bicyclic) bond motifs is 1. The van der Waals surface area contributed by atoms with Crippen LogP contribution in [0.4, 0.5) is 0 Å². The topological polar surface area (TPSA) is 46.3 Å². The van der Waals surface area contributed by atoms with Crippen molar-refractivity contribution >= 4 is 5.91 Å². The fraction of sp³-hybridized carbons (Fsp3) is 0.462. The predicted octanol–water partition coefficient (Wildman–Crippen LogP) is 1.48. The van der Waals surface area contributed by atoms with Gasteiger partial charge in [0.2, 0.25) is 5.91 Å². The Bertz CT molecular complexity index is 389. The quantitative estimate of drug-likeness (QED) is 0.835. The van der Waals surface area contributed by atoms with E-state index in [2.05, 4.69) is 29.2 Å². The standard InChI is InChI=1S/C13H18N2O/c1-15(9-13(14)16)12-8-4-6-10-5-2-3-7-11(10)12/h2-3,5,7,12H,4,6,8-9H2,1H3,(H2,14,16). The van der Waals surface area contributed by atoms with Crippen molar-refractivity contribution in [2.45, 2.75) is 25.3 Å². The van der Waals surface area contributed by atoms with Crippen LogP contribution in [0, 0.1) is 0 Å². The zero-order valence-corrected chi connectivity index (χ0v) is 9.65. The van der Waals surface area contributed by atoms with Crippen LogP contribution in [0.25, 0.3) is 0 Å². The molecule has 0 saturated carbocycles. The van der Waals surface area contributed by atoms with Crippen LogP contribution >= 0.6 is 0 Å². The average Bonchev–Trinajstić information content (AvgIpc) is 2.27. The van der Waals surface area contributed by atoms with Gasteiger partial charge in [-0.2, -0.15) is 0 Å². The van der Waals surface area contributed by atoms with Crippen LogP contribution in [0.3, 0.4) is 0 Å². The lowest BCUT2D eigenvalue weighted by atomic mass is 9.87. The van der Waals surface area contributed by atoms with Crippen molar-refractivity contribution in [2.75, 3.05) is 13.6 Å². The number of likely N-dealkylation sites (N-methyl/N-ethyl adjacent to an activating group) is 1. The van der Waals surface area contributed by atoms with Gasteiger partial charge in [-0.1, -0.05) is 24.3 Å². The van der Waals surface area contributed by atoms with Gasteiger partial charge in [-0.05, 0) is 37.4 Å². The molecule has 3 heteroatoms. The molecule has 2 rings (SSSR count). The largest absolute Gasteiger partial charge is 0.369 e. The Labute approximate surface area is 96.2 Å². The van der Waals surface area contributed by atoms with E-state index in [0.717, 1.165) is 12.8 Å². The molecule has 0 spiro atoms. The number of aryl methyl sites for hydroxylation is 1. The number of hydrogen-bond acceptors (Lipinski definition) is 2. The molecule has 1 atom stereocenters. The maximum absolute atomic E-state index is 10.9. The lowest BCUT2D eigenvalue weighted by Crippen LogP contribution is -2.35. The molecule has 16 heavy (non-hydrogen) atoms. The number of carbonyl (C=O) groups is 1. The van der Waals surface area contributed by atoms with Crippen LogP contribution in [0.2, 0.25) is 0 Å². The Kier molecular flexibility index (Phi) is 3.25. The third kappa shape index (κ3) is 2.25. The highest BCUT2D eigenvalue weighted by Gasteiger charge is 2.23. The van der Waals surface area contributed by atoms with Crippen LogP contribution in [0.15, 0.2) is 24.3 Å². The molecule has 3 nitrogen and oxygen atoms in total. The molecular weight excluding hydrogens is 200 g/mol. The number of nitrogens with two attached hydrogens (primary N) is 1. The SMILES string of the molecule is CN(CC(N)=O)C1CCCc2ccccc21. The summed E-state index contributed by atoms with van der Waals surface area (Å²) in [6, 6.07) is 8.83. The summed E-state index contributed by atoms with van der Waals surface area (Å²) in [5.41, 5.74) is 8.01. The fourth-order valence-electron chi connectivity index (χ4n) is 2.54. The van der Waals surface area contributed by atoms with Gasteiger partial charge in [0.1, 0.15) is 0 Å². The summed E-state index contributed by atoms with van der Waals surface area (Å²) in [6.07, 6.45) is 3.45.